The van der Waals surface area contributed by atoms with Crippen LogP contribution in [0, 0.1) is 17.8 Å². The van der Waals surface area contributed by atoms with E-state index in [1.807, 2.05) is 43.3 Å². The molecule has 2 aliphatic carbocycles. The summed E-state index contributed by atoms with van der Waals surface area (Å²) in [5.41, 5.74) is 3.65. The first-order chi connectivity index (χ1) is 31.2. The molecule has 0 saturated heterocycles. The number of nitrogens with zero attached hydrogens (tertiary/aromatic N) is 2. The van der Waals surface area contributed by atoms with E-state index in [9.17, 15) is 19.8 Å². The van der Waals surface area contributed by atoms with E-state index in [-0.39, 0.29) is 68.8 Å². The number of carbonyl (C=O) groups excluding carboxylic acids is 2. The van der Waals surface area contributed by atoms with Gasteiger partial charge in [-0.2, -0.15) is 0 Å². The summed E-state index contributed by atoms with van der Waals surface area (Å²) < 4.78 is 36.8. The summed E-state index contributed by atoms with van der Waals surface area (Å²) in [6.07, 6.45) is 7.71. The molecule has 6 rings (SSSR count). The van der Waals surface area contributed by atoms with Gasteiger partial charge in [0, 0.05) is 43.7 Å². The van der Waals surface area contributed by atoms with Crippen molar-refractivity contribution in [3.63, 3.8) is 0 Å². The van der Waals surface area contributed by atoms with Crippen molar-refractivity contribution in [3.8, 4) is 23.0 Å². The molecule has 0 spiro atoms. The minimum Gasteiger partial charge on any atom is -0.497 e. The second-order valence-electron chi connectivity index (χ2n) is 16.1. The van der Waals surface area contributed by atoms with E-state index >= 15 is 0 Å². The molecule has 3 N–H and O–H groups in total. The SMILES string of the molecule is C=CCOC12Oc3ccc(OC(=O)Nc4ccc(OC)cc4OC)cc3C3C(CCCCO)C(CCCCO)C=C(C(=NOCc4ccccc4)CC1N(CCC)C(=O)OCCCl)C32. The number of methoxy groups -OCH3 is 2. The number of ether oxygens (including phenoxy) is 6. The fraction of sp³-hybridized carbons (Fsp3) is 0.490. The zero-order chi connectivity index (χ0) is 45.5. The lowest BCUT2D eigenvalue weighted by Crippen LogP contribution is -2.70. The highest BCUT2D eigenvalue weighted by molar-refractivity contribution is 6.18. The van der Waals surface area contributed by atoms with Gasteiger partial charge < -0.3 is 43.5 Å². The molecule has 0 bridgehead atoms. The number of rotatable bonds is 23. The molecule has 3 aromatic carbocycles. The minimum atomic E-state index is -1.48. The summed E-state index contributed by atoms with van der Waals surface area (Å²) in [5.74, 6) is -0.583. The minimum absolute atomic E-state index is 0.00346. The monoisotopic (exact) mass is 903 g/mol. The van der Waals surface area contributed by atoms with Crippen molar-refractivity contribution in [1.29, 1.82) is 0 Å². The first-order valence-electron chi connectivity index (χ1n) is 22.2. The van der Waals surface area contributed by atoms with Crippen LogP contribution >= 0.6 is 11.6 Å². The molecular formula is C49H62ClN3O11. The fourth-order valence-corrected chi connectivity index (χ4v) is 9.52. The van der Waals surface area contributed by atoms with Crippen LogP contribution in [0.3, 0.4) is 0 Å². The van der Waals surface area contributed by atoms with Crippen LogP contribution in [0.5, 0.6) is 23.0 Å². The van der Waals surface area contributed by atoms with E-state index in [0.29, 0.717) is 54.5 Å². The maximum atomic E-state index is 14.2. The summed E-state index contributed by atoms with van der Waals surface area (Å²) in [7, 11) is 3.05. The fourth-order valence-electron chi connectivity index (χ4n) is 9.44. The highest BCUT2D eigenvalue weighted by Gasteiger charge is 2.65. The zero-order valence-electron chi connectivity index (χ0n) is 37.0. The Kier molecular flexibility index (Phi) is 17.8. The van der Waals surface area contributed by atoms with E-state index in [1.54, 1.807) is 48.4 Å². The summed E-state index contributed by atoms with van der Waals surface area (Å²) in [4.78, 5) is 35.6. The zero-order valence-corrected chi connectivity index (χ0v) is 37.8. The number of nitrogens with one attached hydrogen (secondary N) is 1. The summed E-state index contributed by atoms with van der Waals surface area (Å²) in [6, 6.07) is 19.3. The number of carbonyl (C=O) groups is 2. The molecule has 15 heteroatoms. The van der Waals surface area contributed by atoms with E-state index in [4.69, 9.17) is 50.0 Å². The third-order valence-electron chi connectivity index (χ3n) is 12.1. The van der Waals surface area contributed by atoms with Crippen LogP contribution < -0.4 is 24.3 Å². The molecule has 6 unspecified atom stereocenters. The quantitative estimate of drug-likeness (QED) is 0.0359. The Balaban J connectivity index is 1.53. The Morgan fingerprint density at radius 2 is 1.77 bits per heavy atom. The molecule has 3 aliphatic rings. The number of anilines is 1. The predicted octanol–water partition coefficient (Wildman–Crippen LogP) is 9.24. The van der Waals surface area contributed by atoms with E-state index < -0.39 is 29.9 Å². The molecule has 1 aliphatic heterocycles. The van der Waals surface area contributed by atoms with Crippen LogP contribution in [0.4, 0.5) is 15.3 Å². The summed E-state index contributed by atoms with van der Waals surface area (Å²) in [5, 5.41) is 27.5. The maximum Gasteiger partial charge on any atom is 0.417 e. The molecule has 346 valence electrons. The second-order valence-corrected chi connectivity index (χ2v) is 16.5. The van der Waals surface area contributed by atoms with Crippen molar-refractivity contribution in [3.05, 3.63) is 102 Å². The molecule has 2 amide bonds. The normalized spacial score (nSPS) is 22.5. The van der Waals surface area contributed by atoms with Crippen molar-refractivity contribution in [2.24, 2.45) is 22.9 Å². The number of aliphatic hydroxyl groups is 2. The number of halogens is 1. The average Bonchev–Trinajstić information content (AvgIpc) is 3.31. The molecule has 6 atom stereocenters. The standard InChI is InChI=1S/C49H62ClN3O11/c1-5-23-53(48(57)60-27-22-50)44-31-41(52-62-32-33-14-8-7-9-15-33)38-28-34(16-10-12-24-54)37(17-11-13-25-55)45-39-29-36(19-21-42(39)64-49(44,46(38)45)61-26-6-2)63-47(56)51-40-20-18-35(58-3)30-43(40)59-4/h6-9,14-15,18-21,28-30,34,37,44-46,54-55H,2,5,10-13,16-17,22-27,31-32H2,1,3-4H3,(H,51,56). The first kappa shape index (κ1) is 48.2. The molecule has 0 radical (unpaired) electrons. The number of allylic oxidation sites excluding steroid dienone is 1. The van der Waals surface area contributed by atoms with Crippen LogP contribution in [-0.2, 0) is 20.9 Å². The van der Waals surface area contributed by atoms with E-state index in [2.05, 4.69) is 18.0 Å². The van der Waals surface area contributed by atoms with Crippen molar-refractivity contribution in [2.75, 3.05) is 58.4 Å². The highest BCUT2D eigenvalue weighted by atomic mass is 35.5. The number of oxime groups is 1. The summed E-state index contributed by atoms with van der Waals surface area (Å²) >= 11 is 6.03. The number of fused-ring (bicyclic) bond motifs is 2. The number of hydrogen-bond acceptors (Lipinski definition) is 12. The average molecular weight is 904 g/mol. The third kappa shape index (κ3) is 11.1. The van der Waals surface area contributed by atoms with Crippen LogP contribution in [0.15, 0.2) is 96.2 Å². The van der Waals surface area contributed by atoms with Crippen molar-refractivity contribution in [1.82, 2.24) is 4.90 Å². The van der Waals surface area contributed by atoms with E-state index in [1.165, 1.54) is 7.11 Å². The van der Waals surface area contributed by atoms with Gasteiger partial charge in [-0.1, -0.05) is 67.4 Å². The Morgan fingerprint density at radius 3 is 2.47 bits per heavy atom. The molecule has 3 aromatic rings. The van der Waals surface area contributed by atoms with Crippen molar-refractivity contribution in [2.45, 2.75) is 82.6 Å². The lowest BCUT2D eigenvalue weighted by molar-refractivity contribution is -0.255. The molecule has 1 heterocycles. The molecule has 1 fully saturated rings. The van der Waals surface area contributed by atoms with Gasteiger partial charge in [0.1, 0.15) is 42.3 Å². The predicted molar refractivity (Wildman–Crippen MR) is 244 cm³/mol. The van der Waals surface area contributed by atoms with Gasteiger partial charge in [0.05, 0.1) is 44.0 Å². The number of alkyl halides is 1. The smallest absolute Gasteiger partial charge is 0.417 e. The van der Waals surface area contributed by atoms with Gasteiger partial charge >= 0.3 is 12.2 Å². The van der Waals surface area contributed by atoms with Gasteiger partial charge in [-0.05, 0) is 85.4 Å². The first-order valence-corrected chi connectivity index (χ1v) is 22.7. The Bertz CT molecular complexity index is 2080. The largest absolute Gasteiger partial charge is 0.497 e. The van der Waals surface area contributed by atoms with Crippen LogP contribution in [0.1, 0.15) is 75.3 Å². The topological polar surface area (TPSA) is 167 Å². The van der Waals surface area contributed by atoms with Gasteiger partial charge in [-0.25, -0.2) is 9.59 Å². The van der Waals surface area contributed by atoms with Crippen molar-refractivity contribution >= 4 is 35.2 Å². The lowest BCUT2D eigenvalue weighted by Gasteiger charge is -2.59. The molecular weight excluding hydrogens is 842 g/mol. The van der Waals surface area contributed by atoms with E-state index in [0.717, 1.165) is 42.4 Å². The molecule has 14 nitrogen and oxygen atoms in total. The maximum absolute atomic E-state index is 14.2. The summed E-state index contributed by atoms with van der Waals surface area (Å²) in [6.45, 7) is 6.75. The second kappa shape index (κ2) is 23.6. The van der Waals surface area contributed by atoms with Gasteiger partial charge in [0.15, 0.2) is 0 Å². The number of amides is 2. The molecule has 64 heavy (non-hydrogen) atoms. The number of benzene rings is 3. The van der Waals surface area contributed by atoms with Crippen LogP contribution in [0.25, 0.3) is 0 Å². The Morgan fingerprint density at radius 1 is 1.00 bits per heavy atom. The van der Waals surface area contributed by atoms with Crippen LogP contribution in [-0.4, -0.2) is 97.9 Å². The number of unbranched alkanes of at least 4 members (excludes halogenated alkanes) is 2. The van der Waals surface area contributed by atoms with Gasteiger partial charge in [0.2, 0.25) is 5.79 Å². The highest BCUT2D eigenvalue weighted by Crippen LogP contribution is 2.62. The van der Waals surface area contributed by atoms with Gasteiger partial charge in [-0.15, -0.1) is 18.2 Å². The van der Waals surface area contributed by atoms with Crippen LogP contribution in [0.2, 0.25) is 0 Å². The Hall–Kier alpha value is -5.28. The van der Waals surface area contributed by atoms with Crippen molar-refractivity contribution < 1.29 is 53.1 Å². The van der Waals surface area contributed by atoms with Gasteiger partial charge in [-0.3, -0.25) is 10.2 Å². The number of aliphatic hydroxyl groups excluding tert-OH is 2. The lowest BCUT2D eigenvalue weighted by atomic mass is 9.55. The molecule has 0 aromatic heterocycles. The third-order valence-corrected chi connectivity index (χ3v) is 12.3. The molecule has 1 saturated carbocycles. The van der Waals surface area contributed by atoms with Gasteiger partial charge in [0.25, 0.3) is 0 Å². The number of hydrogen-bond donors (Lipinski definition) is 3. The Labute approximate surface area is 381 Å².